The number of hydrogen-bond acceptors (Lipinski definition) is 5. The number of carbonyl (C=O) groups is 1. The highest BCUT2D eigenvalue weighted by Gasteiger charge is 2.28. The Morgan fingerprint density at radius 3 is 2.58 bits per heavy atom. The van der Waals surface area contributed by atoms with Gasteiger partial charge in [-0.1, -0.05) is 6.07 Å². The van der Waals surface area contributed by atoms with E-state index in [0.717, 1.165) is 5.56 Å². The normalized spacial score (nSPS) is 17.3. The molecule has 8 heteroatoms. The highest BCUT2D eigenvalue weighted by Crippen LogP contribution is 2.32. The Morgan fingerprint density at radius 2 is 1.85 bits per heavy atom. The number of amides is 1. The smallest absolute Gasteiger partial charge is 0.251 e. The number of anilines is 1. The van der Waals surface area contributed by atoms with Crippen LogP contribution in [0.25, 0.3) is 0 Å². The summed E-state index contributed by atoms with van der Waals surface area (Å²) in [5, 5.41) is 2.84. The Kier molecular flexibility index (Phi) is 4.20. The van der Waals surface area contributed by atoms with Gasteiger partial charge in [-0.3, -0.25) is 9.10 Å². The predicted molar refractivity (Wildman–Crippen MR) is 95.9 cm³/mol. The third-order valence-electron chi connectivity index (χ3n) is 4.41. The molecule has 0 aliphatic carbocycles. The van der Waals surface area contributed by atoms with Crippen LogP contribution in [-0.2, 0) is 16.6 Å². The van der Waals surface area contributed by atoms with E-state index >= 15 is 0 Å². The summed E-state index contributed by atoms with van der Waals surface area (Å²) < 4.78 is 35.9. The Morgan fingerprint density at radius 1 is 1.08 bits per heavy atom. The maximum Gasteiger partial charge on any atom is 0.251 e. The average molecular weight is 374 g/mol. The Hall–Kier alpha value is -2.74. The van der Waals surface area contributed by atoms with Crippen molar-refractivity contribution in [3.05, 3.63) is 53.6 Å². The Balaban J connectivity index is 1.40. The zero-order valence-electron chi connectivity index (χ0n) is 14.0. The van der Waals surface area contributed by atoms with Crippen LogP contribution in [0.3, 0.4) is 0 Å². The van der Waals surface area contributed by atoms with E-state index in [2.05, 4.69) is 5.32 Å². The van der Waals surface area contributed by atoms with Crippen molar-refractivity contribution in [2.24, 2.45) is 0 Å². The Labute approximate surface area is 151 Å². The molecule has 0 atom stereocenters. The lowest BCUT2D eigenvalue weighted by Gasteiger charge is -2.17. The summed E-state index contributed by atoms with van der Waals surface area (Å²) >= 11 is 0. The van der Waals surface area contributed by atoms with Crippen molar-refractivity contribution in [2.75, 3.05) is 23.4 Å². The first-order valence-electron chi connectivity index (χ1n) is 8.30. The van der Waals surface area contributed by atoms with E-state index in [1.165, 1.54) is 4.31 Å². The number of fused-ring (bicyclic) bond motifs is 1. The van der Waals surface area contributed by atoms with Gasteiger partial charge in [0.1, 0.15) is 0 Å². The molecule has 0 radical (unpaired) electrons. The van der Waals surface area contributed by atoms with Crippen molar-refractivity contribution in [2.45, 2.75) is 13.0 Å². The molecule has 136 valence electrons. The molecule has 7 nitrogen and oxygen atoms in total. The van der Waals surface area contributed by atoms with Gasteiger partial charge in [0.25, 0.3) is 5.91 Å². The quantitative estimate of drug-likeness (QED) is 0.883. The fourth-order valence-corrected chi connectivity index (χ4v) is 4.61. The van der Waals surface area contributed by atoms with Crippen LogP contribution < -0.4 is 19.1 Å². The first-order valence-corrected chi connectivity index (χ1v) is 9.91. The van der Waals surface area contributed by atoms with Crippen LogP contribution >= 0.6 is 0 Å². The number of sulfonamides is 1. The summed E-state index contributed by atoms with van der Waals surface area (Å²) in [5.74, 6) is 1.32. The fraction of sp³-hybridized carbons (Fsp3) is 0.278. The molecule has 0 unspecified atom stereocenters. The predicted octanol–water partition coefficient (Wildman–Crippen LogP) is 1.89. The highest BCUT2D eigenvalue weighted by atomic mass is 32.2. The zero-order valence-corrected chi connectivity index (χ0v) is 14.8. The van der Waals surface area contributed by atoms with E-state index < -0.39 is 10.0 Å². The molecule has 4 rings (SSSR count). The van der Waals surface area contributed by atoms with Crippen molar-refractivity contribution in [1.82, 2.24) is 5.32 Å². The van der Waals surface area contributed by atoms with Gasteiger partial charge in [-0.25, -0.2) is 8.42 Å². The topological polar surface area (TPSA) is 84.9 Å². The zero-order chi connectivity index (χ0) is 18.1. The van der Waals surface area contributed by atoms with Crippen molar-refractivity contribution >= 4 is 21.6 Å². The van der Waals surface area contributed by atoms with Crippen LogP contribution in [0.2, 0.25) is 0 Å². The van der Waals surface area contributed by atoms with Crippen LogP contribution in [0.4, 0.5) is 5.69 Å². The third-order valence-corrected chi connectivity index (χ3v) is 6.28. The molecule has 0 spiro atoms. The summed E-state index contributed by atoms with van der Waals surface area (Å²) in [7, 11) is -3.21. The minimum Gasteiger partial charge on any atom is -0.454 e. The number of carbonyl (C=O) groups excluding carboxylic acids is 1. The second-order valence-corrected chi connectivity index (χ2v) is 8.17. The molecule has 1 amide bonds. The number of nitrogens with zero attached hydrogens (tertiary/aromatic N) is 1. The number of hydrogen-bond donors (Lipinski definition) is 1. The molecule has 2 aromatic rings. The molecule has 26 heavy (non-hydrogen) atoms. The standard InChI is InChI=1S/C18H18N2O5S/c21-18(19-11-13-2-7-16-17(10-13)25-12-24-16)14-3-5-15(6-4-14)20-8-1-9-26(20,22)23/h2-7,10H,1,8-9,11-12H2,(H,19,21). The second kappa shape index (κ2) is 6.53. The van der Waals surface area contributed by atoms with E-state index in [1.807, 2.05) is 18.2 Å². The monoisotopic (exact) mass is 374 g/mol. The van der Waals surface area contributed by atoms with Gasteiger partial charge >= 0.3 is 0 Å². The SMILES string of the molecule is O=C(NCc1ccc2c(c1)OCO2)c1ccc(N2CCCS2(=O)=O)cc1. The average Bonchev–Trinajstić information content (AvgIpc) is 3.25. The van der Waals surface area contributed by atoms with Gasteiger partial charge in [0.2, 0.25) is 16.8 Å². The molecule has 2 aliphatic heterocycles. The molecule has 1 saturated heterocycles. The van der Waals surface area contributed by atoms with Gasteiger partial charge in [0, 0.05) is 18.7 Å². The summed E-state index contributed by atoms with van der Waals surface area (Å²) in [4.78, 5) is 12.3. The van der Waals surface area contributed by atoms with Crippen molar-refractivity contribution in [3.8, 4) is 11.5 Å². The molecule has 2 heterocycles. The van der Waals surface area contributed by atoms with E-state index in [9.17, 15) is 13.2 Å². The maximum atomic E-state index is 12.3. The molecule has 0 bridgehead atoms. The molecule has 2 aromatic carbocycles. The lowest BCUT2D eigenvalue weighted by molar-refractivity contribution is 0.0951. The van der Waals surface area contributed by atoms with Gasteiger partial charge in [0.15, 0.2) is 11.5 Å². The second-order valence-electron chi connectivity index (χ2n) is 6.16. The number of ether oxygens (including phenoxy) is 2. The van der Waals surface area contributed by atoms with Crippen LogP contribution in [-0.4, -0.2) is 33.4 Å². The fourth-order valence-electron chi connectivity index (χ4n) is 3.04. The summed E-state index contributed by atoms with van der Waals surface area (Å²) in [6.45, 7) is 1.06. The van der Waals surface area contributed by atoms with E-state index in [1.54, 1.807) is 24.3 Å². The molecule has 1 fully saturated rings. The van der Waals surface area contributed by atoms with Crippen LogP contribution in [0.1, 0.15) is 22.3 Å². The first-order chi connectivity index (χ1) is 12.5. The number of rotatable bonds is 4. The molecular formula is C18H18N2O5S. The van der Waals surface area contributed by atoms with Crippen LogP contribution in [0, 0.1) is 0 Å². The Bertz CT molecular complexity index is 941. The van der Waals surface area contributed by atoms with E-state index in [0.29, 0.717) is 42.3 Å². The first kappa shape index (κ1) is 16.7. The summed E-state index contributed by atoms with van der Waals surface area (Å²) in [6.07, 6.45) is 0.625. The van der Waals surface area contributed by atoms with Crippen molar-refractivity contribution in [1.29, 1.82) is 0 Å². The molecular weight excluding hydrogens is 356 g/mol. The van der Waals surface area contributed by atoms with Gasteiger partial charge in [-0.15, -0.1) is 0 Å². The summed E-state index contributed by atoms with van der Waals surface area (Å²) in [6, 6.07) is 12.1. The van der Waals surface area contributed by atoms with E-state index in [-0.39, 0.29) is 18.5 Å². The maximum absolute atomic E-state index is 12.3. The van der Waals surface area contributed by atoms with Gasteiger partial charge in [-0.2, -0.15) is 0 Å². The minimum absolute atomic E-state index is 0.171. The lowest BCUT2D eigenvalue weighted by atomic mass is 10.1. The molecule has 0 saturated carbocycles. The number of nitrogens with one attached hydrogen (secondary N) is 1. The molecule has 2 aliphatic rings. The van der Waals surface area contributed by atoms with Crippen molar-refractivity contribution < 1.29 is 22.7 Å². The van der Waals surface area contributed by atoms with Gasteiger partial charge < -0.3 is 14.8 Å². The van der Waals surface area contributed by atoms with E-state index in [4.69, 9.17) is 9.47 Å². The number of benzene rings is 2. The van der Waals surface area contributed by atoms with Crippen LogP contribution in [0.5, 0.6) is 11.5 Å². The lowest BCUT2D eigenvalue weighted by Crippen LogP contribution is -2.25. The molecule has 0 aromatic heterocycles. The molecule has 1 N–H and O–H groups in total. The summed E-state index contributed by atoms with van der Waals surface area (Å²) in [5.41, 5.74) is 1.98. The van der Waals surface area contributed by atoms with Crippen LogP contribution in [0.15, 0.2) is 42.5 Å². The van der Waals surface area contributed by atoms with Gasteiger partial charge in [0.05, 0.1) is 11.4 Å². The minimum atomic E-state index is -3.21. The third kappa shape index (κ3) is 3.20. The largest absolute Gasteiger partial charge is 0.454 e. The van der Waals surface area contributed by atoms with Crippen molar-refractivity contribution in [3.63, 3.8) is 0 Å². The van der Waals surface area contributed by atoms with Gasteiger partial charge in [-0.05, 0) is 48.4 Å². The highest BCUT2D eigenvalue weighted by molar-refractivity contribution is 7.93.